The average molecular weight is 781 g/mol. The van der Waals surface area contributed by atoms with Gasteiger partial charge in [-0.15, -0.1) is 0 Å². The highest BCUT2D eigenvalue weighted by molar-refractivity contribution is 4.98. The van der Waals surface area contributed by atoms with Crippen LogP contribution in [0.1, 0.15) is 19.8 Å². The van der Waals surface area contributed by atoms with E-state index in [2.05, 4.69) is 0 Å². The van der Waals surface area contributed by atoms with Gasteiger partial charge < -0.3 is 114 Å². The summed E-state index contributed by atoms with van der Waals surface area (Å²) in [6.45, 7) is -1.08. The maximum absolute atomic E-state index is 11.0. The molecule has 0 aromatic heterocycles. The van der Waals surface area contributed by atoms with Crippen molar-refractivity contribution in [3.05, 3.63) is 0 Å². The first-order valence-electron chi connectivity index (χ1n) is 17.3. The summed E-state index contributed by atoms with van der Waals surface area (Å²) < 4.78 is 44.2. The third-order valence-corrected chi connectivity index (χ3v) is 10.4. The van der Waals surface area contributed by atoms with Crippen LogP contribution in [0.15, 0.2) is 0 Å². The van der Waals surface area contributed by atoms with Crippen LogP contribution in [0, 0.1) is 0 Å². The van der Waals surface area contributed by atoms with Crippen LogP contribution in [0.5, 0.6) is 0 Å². The van der Waals surface area contributed by atoms with Gasteiger partial charge in [-0.05, 0) is 19.8 Å². The lowest BCUT2D eigenvalue weighted by molar-refractivity contribution is -0.382. The highest BCUT2D eigenvalue weighted by Crippen LogP contribution is 2.35. The Labute approximate surface area is 301 Å². The predicted octanol–water partition coefficient (Wildman–Crippen LogP) is -9.45. The molecule has 0 bridgehead atoms. The van der Waals surface area contributed by atoms with Gasteiger partial charge in [0.2, 0.25) is 0 Å². The highest BCUT2D eigenvalue weighted by Gasteiger charge is 2.55. The maximum Gasteiger partial charge on any atom is 0.187 e. The Hall–Kier alpha value is -0.920. The molecule has 1 saturated carbocycles. The van der Waals surface area contributed by atoms with Crippen LogP contribution in [0.25, 0.3) is 0 Å². The molecule has 4 heterocycles. The van der Waals surface area contributed by atoms with Gasteiger partial charge in [0.25, 0.3) is 0 Å². The van der Waals surface area contributed by atoms with E-state index in [4.69, 9.17) is 37.9 Å². The van der Waals surface area contributed by atoms with Crippen molar-refractivity contribution >= 4 is 0 Å². The number of aliphatic hydroxyl groups is 15. The van der Waals surface area contributed by atoms with Gasteiger partial charge in [0, 0.05) is 0 Å². The predicted molar refractivity (Wildman–Crippen MR) is 162 cm³/mol. The van der Waals surface area contributed by atoms with Gasteiger partial charge in [-0.1, -0.05) is 0 Å². The fourth-order valence-electron chi connectivity index (χ4n) is 7.15. The SMILES string of the molecule is C[C@@H]1O[C@H](O)[C@H](O)[C@H](O)[C@H]1O[C@H]1CC[C@H](O[C@H]2O[C@H](CO)[C@@H](O[C@@H]3O[C@H](CO)[C@@H](O[C@H]4O[C@H](CO)[C@H](O)[C@H](O)[C@@H]4O)[C@H](O)[C@@H]3O)[C@H](O)[C@@H]2O)[C@H](O)[C@@H]1O. The van der Waals surface area contributed by atoms with E-state index < -0.39 is 167 Å². The van der Waals surface area contributed by atoms with E-state index in [0.29, 0.717) is 0 Å². The van der Waals surface area contributed by atoms with Crippen LogP contribution in [-0.2, 0) is 37.9 Å². The third kappa shape index (κ3) is 8.82. The van der Waals surface area contributed by atoms with Crippen molar-refractivity contribution in [1.82, 2.24) is 0 Å². The third-order valence-electron chi connectivity index (χ3n) is 10.4. The molecule has 0 amide bonds. The monoisotopic (exact) mass is 780 g/mol. The highest BCUT2D eigenvalue weighted by atomic mass is 16.8. The Morgan fingerprint density at radius 3 is 1.26 bits per heavy atom. The van der Waals surface area contributed by atoms with Crippen LogP contribution in [0.3, 0.4) is 0 Å². The Morgan fingerprint density at radius 2 is 0.792 bits per heavy atom. The van der Waals surface area contributed by atoms with Gasteiger partial charge in [-0.25, -0.2) is 0 Å². The quantitative estimate of drug-likeness (QED) is 0.0925. The van der Waals surface area contributed by atoms with E-state index in [1.165, 1.54) is 6.92 Å². The fourth-order valence-corrected chi connectivity index (χ4v) is 7.15. The standard InChI is InChI=1S/C30H52O23/c1-7-24(17(38)20(41)27(45)46-7)47-8-2-3-9(14(35)13(8)34)48-28-22(43)18(39)25(11(5-32)50-28)53-30-23(44)19(40)26(12(6-33)51-30)52-29-21(42)16(37)15(36)10(4-31)49-29/h7-45H,2-6H2,1H3/t7-,8-,9-,10+,11+,12+,13+,14-,15-,16-,17-,18+,19+,20+,21-,22-,23-,24-,25+,26+,27-,28-,29+,30-/m0/s1. The number of hydrogen-bond acceptors (Lipinski definition) is 23. The first-order chi connectivity index (χ1) is 25.0. The van der Waals surface area contributed by atoms with Gasteiger partial charge in [0.05, 0.1) is 38.1 Å². The molecule has 23 nitrogen and oxygen atoms in total. The van der Waals surface area contributed by atoms with Crippen LogP contribution >= 0.6 is 0 Å². The molecule has 15 N–H and O–H groups in total. The van der Waals surface area contributed by atoms with E-state index >= 15 is 0 Å². The van der Waals surface area contributed by atoms with Gasteiger partial charge in [0.15, 0.2) is 25.2 Å². The topological polar surface area (TPSA) is 377 Å². The molecule has 4 saturated heterocycles. The Bertz CT molecular complexity index is 1140. The summed E-state index contributed by atoms with van der Waals surface area (Å²) in [6, 6.07) is 0. The first-order valence-corrected chi connectivity index (χ1v) is 17.3. The molecule has 24 atom stereocenters. The molecule has 1 aliphatic carbocycles. The number of rotatable bonds is 11. The van der Waals surface area contributed by atoms with Gasteiger partial charge in [-0.2, -0.15) is 0 Å². The van der Waals surface area contributed by atoms with Crippen molar-refractivity contribution in [2.45, 2.75) is 167 Å². The Morgan fingerprint density at radius 1 is 0.396 bits per heavy atom. The van der Waals surface area contributed by atoms with Gasteiger partial charge >= 0.3 is 0 Å². The molecular formula is C30H52O23. The minimum Gasteiger partial charge on any atom is -0.394 e. The molecule has 0 aromatic rings. The second-order valence-electron chi connectivity index (χ2n) is 13.9. The fraction of sp³-hybridized carbons (Fsp3) is 1.00. The number of hydrogen-bond donors (Lipinski definition) is 15. The Balaban J connectivity index is 1.18. The summed E-state index contributed by atoms with van der Waals surface area (Å²) in [6.07, 6.45) is -39.0. The molecule has 4 aliphatic heterocycles. The number of ether oxygens (including phenoxy) is 8. The molecule has 310 valence electrons. The van der Waals surface area contributed by atoms with Crippen LogP contribution in [0.2, 0.25) is 0 Å². The number of aliphatic hydroxyl groups excluding tert-OH is 15. The van der Waals surface area contributed by atoms with Gasteiger partial charge in [-0.3, -0.25) is 0 Å². The van der Waals surface area contributed by atoms with E-state index in [1.807, 2.05) is 0 Å². The lowest BCUT2D eigenvalue weighted by atomic mass is 9.88. The molecule has 0 radical (unpaired) electrons. The molecule has 0 spiro atoms. The molecular weight excluding hydrogens is 728 g/mol. The molecule has 5 fully saturated rings. The second kappa shape index (κ2) is 18.1. The lowest BCUT2D eigenvalue weighted by Gasteiger charge is -2.48. The summed E-state index contributed by atoms with van der Waals surface area (Å²) in [4.78, 5) is 0. The minimum atomic E-state index is -2.02. The zero-order valence-electron chi connectivity index (χ0n) is 28.4. The van der Waals surface area contributed by atoms with Crippen molar-refractivity contribution < 1.29 is 114 Å². The first kappa shape index (κ1) is 43.2. The second-order valence-corrected chi connectivity index (χ2v) is 13.9. The summed E-state index contributed by atoms with van der Waals surface area (Å²) in [5.41, 5.74) is 0. The van der Waals surface area contributed by atoms with Crippen molar-refractivity contribution in [3.63, 3.8) is 0 Å². The van der Waals surface area contributed by atoms with E-state index in [-0.39, 0.29) is 12.8 Å². The van der Waals surface area contributed by atoms with Crippen molar-refractivity contribution in [3.8, 4) is 0 Å². The van der Waals surface area contributed by atoms with Crippen molar-refractivity contribution in [2.75, 3.05) is 19.8 Å². The van der Waals surface area contributed by atoms with Crippen molar-refractivity contribution in [1.29, 1.82) is 0 Å². The zero-order valence-corrected chi connectivity index (χ0v) is 28.4. The van der Waals surface area contributed by atoms with E-state index in [9.17, 15) is 76.6 Å². The summed E-state index contributed by atoms with van der Waals surface area (Å²) in [5.74, 6) is 0. The zero-order chi connectivity index (χ0) is 39.0. The molecule has 0 aromatic carbocycles. The molecule has 0 unspecified atom stereocenters. The smallest absolute Gasteiger partial charge is 0.187 e. The summed E-state index contributed by atoms with van der Waals surface area (Å²) >= 11 is 0. The van der Waals surface area contributed by atoms with Crippen molar-refractivity contribution in [2.24, 2.45) is 0 Å². The van der Waals surface area contributed by atoms with Crippen LogP contribution in [-0.4, -0.2) is 244 Å². The van der Waals surface area contributed by atoms with E-state index in [0.717, 1.165) is 0 Å². The van der Waals surface area contributed by atoms with E-state index in [1.54, 1.807) is 0 Å². The molecule has 53 heavy (non-hydrogen) atoms. The minimum absolute atomic E-state index is 0.0182. The summed E-state index contributed by atoms with van der Waals surface area (Å²) in [7, 11) is 0. The van der Waals surface area contributed by atoms with Gasteiger partial charge in [0.1, 0.15) is 104 Å². The Kier molecular flexibility index (Phi) is 14.8. The van der Waals surface area contributed by atoms with Crippen LogP contribution in [0.4, 0.5) is 0 Å². The largest absolute Gasteiger partial charge is 0.394 e. The average Bonchev–Trinajstić information content (AvgIpc) is 3.14. The molecule has 5 aliphatic rings. The maximum atomic E-state index is 11.0. The normalized spacial score (nSPS) is 54.1. The summed E-state index contributed by atoms with van der Waals surface area (Å²) in [5, 5.41) is 155. The lowest BCUT2D eigenvalue weighted by Crippen LogP contribution is -2.67. The molecule has 5 rings (SSSR count). The molecule has 23 heteroatoms. The van der Waals surface area contributed by atoms with Crippen LogP contribution < -0.4 is 0 Å².